The number of pyridine rings is 2. The molecule has 34 heavy (non-hydrogen) atoms. The summed E-state index contributed by atoms with van der Waals surface area (Å²) in [5, 5.41) is 0. The molecular formula is C24H32N2O6S2. The van der Waals surface area contributed by atoms with Gasteiger partial charge in [-0.05, 0) is 24.3 Å². The molecule has 0 spiro atoms. The smallest absolute Gasteiger partial charge is 0.168 e. The van der Waals surface area contributed by atoms with Gasteiger partial charge in [0.2, 0.25) is 0 Å². The lowest BCUT2D eigenvalue weighted by Crippen LogP contribution is -2.31. The van der Waals surface area contributed by atoms with E-state index >= 15 is 0 Å². The minimum absolute atomic E-state index is 0.579. The predicted octanol–water partition coefficient (Wildman–Crippen LogP) is 3.04. The number of hydrogen-bond donors (Lipinski definition) is 0. The highest BCUT2D eigenvalue weighted by Gasteiger charge is 2.04. The van der Waals surface area contributed by atoms with Crippen LogP contribution in [0.5, 0.6) is 0 Å². The summed E-state index contributed by atoms with van der Waals surface area (Å²) in [7, 11) is -9.22. The molecule has 8 nitrogen and oxygen atoms in total. The van der Waals surface area contributed by atoms with Gasteiger partial charge in [-0.25, -0.2) is 26.0 Å². The predicted molar refractivity (Wildman–Crippen MR) is 125 cm³/mol. The number of aryl methyl sites for hydroxylation is 2. The minimum Gasteiger partial charge on any atom is -0.744 e. The monoisotopic (exact) mass is 508 g/mol. The Morgan fingerprint density at radius 1 is 0.588 bits per heavy atom. The molecule has 0 bridgehead atoms. The second-order valence-corrected chi connectivity index (χ2v) is 10.1. The van der Waals surface area contributed by atoms with Gasteiger partial charge in [-0.2, -0.15) is 0 Å². The van der Waals surface area contributed by atoms with Crippen molar-refractivity contribution in [2.45, 2.75) is 62.4 Å². The van der Waals surface area contributed by atoms with Gasteiger partial charge >= 0.3 is 0 Å². The summed E-state index contributed by atoms with van der Waals surface area (Å²) in [6.45, 7) is 6.72. The van der Waals surface area contributed by atoms with Crippen molar-refractivity contribution in [1.82, 2.24) is 0 Å². The third-order valence-corrected chi connectivity index (χ3v) is 6.19. The SMILES string of the molecule is CCCC[n+]1ccccc1.CCCC[n+]1ccccc1.O=S(=O)([O-])c1ccc(S(=O)(=O)[O-])cc1. The third-order valence-electron chi connectivity index (χ3n) is 4.50. The van der Waals surface area contributed by atoms with E-state index in [1.165, 1.54) is 25.7 Å². The summed E-state index contributed by atoms with van der Waals surface area (Å²) >= 11 is 0. The van der Waals surface area contributed by atoms with Crippen LogP contribution in [0, 0.1) is 0 Å². The summed E-state index contributed by atoms with van der Waals surface area (Å²) in [6.07, 6.45) is 13.5. The maximum atomic E-state index is 10.4. The van der Waals surface area contributed by atoms with Crippen molar-refractivity contribution < 1.29 is 35.1 Å². The first-order chi connectivity index (χ1) is 16.1. The summed E-state index contributed by atoms with van der Waals surface area (Å²) < 4.78 is 66.9. The fourth-order valence-corrected chi connectivity index (χ4v) is 3.56. The molecule has 0 unspecified atom stereocenters. The third kappa shape index (κ3) is 12.5. The van der Waals surface area contributed by atoms with E-state index in [1.54, 1.807) is 0 Å². The van der Waals surface area contributed by atoms with Crippen LogP contribution in [0.4, 0.5) is 0 Å². The molecule has 0 amide bonds. The molecule has 0 saturated carbocycles. The minimum atomic E-state index is -4.61. The van der Waals surface area contributed by atoms with Gasteiger partial charge < -0.3 is 9.11 Å². The molecule has 0 aliphatic heterocycles. The van der Waals surface area contributed by atoms with Crippen LogP contribution in [0.25, 0.3) is 0 Å². The molecule has 2 heterocycles. The topological polar surface area (TPSA) is 122 Å². The number of benzene rings is 1. The molecule has 3 aromatic rings. The summed E-state index contributed by atoms with van der Waals surface area (Å²) in [5.74, 6) is 0. The highest BCUT2D eigenvalue weighted by atomic mass is 32.2. The van der Waals surface area contributed by atoms with Crippen LogP contribution in [0.1, 0.15) is 39.5 Å². The Labute approximate surface area is 203 Å². The van der Waals surface area contributed by atoms with Crippen molar-refractivity contribution in [3.05, 3.63) is 85.5 Å². The normalized spacial score (nSPS) is 10.9. The molecular weight excluding hydrogens is 476 g/mol. The Morgan fingerprint density at radius 2 is 0.882 bits per heavy atom. The number of aromatic nitrogens is 2. The largest absolute Gasteiger partial charge is 0.744 e. The van der Waals surface area contributed by atoms with Crippen molar-refractivity contribution in [1.29, 1.82) is 0 Å². The van der Waals surface area contributed by atoms with E-state index in [-0.39, 0.29) is 0 Å². The Hall–Kier alpha value is -2.66. The molecule has 0 N–H and O–H groups in total. The van der Waals surface area contributed by atoms with Crippen LogP contribution >= 0.6 is 0 Å². The first-order valence-corrected chi connectivity index (χ1v) is 13.8. The van der Waals surface area contributed by atoms with Crippen LogP contribution < -0.4 is 9.13 Å². The maximum absolute atomic E-state index is 10.4. The van der Waals surface area contributed by atoms with Gasteiger partial charge in [0.15, 0.2) is 24.8 Å². The maximum Gasteiger partial charge on any atom is 0.168 e. The van der Waals surface area contributed by atoms with Crippen LogP contribution in [0.3, 0.4) is 0 Å². The van der Waals surface area contributed by atoms with Crippen molar-refractivity contribution >= 4 is 20.2 Å². The van der Waals surface area contributed by atoms with E-state index in [4.69, 9.17) is 0 Å². The lowest BCUT2D eigenvalue weighted by Gasteiger charge is -2.09. The molecule has 0 saturated heterocycles. The summed E-state index contributed by atoms with van der Waals surface area (Å²) in [6, 6.07) is 15.4. The quantitative estimate of drug-likeness (QED) is 0.340. The lowest BCUT2D eigenvalue weighted by atomic mass is 10.3. The molecule has 1 aromatic carbocycles. The zero-order valence-electron chi connectivity index (χ0n) is 19.5. The van der Waals surface area contributed by atoms with Crippen LogP contribution in [-0.4, -0.2) is 25.9 Å². The first kappa shape index (κ1) is 29.4. The van der Waals surface area contributed by atoms with Crippen LogP contribution in [0.15, 0.2) is 95.2 Å². The second-order valence-electron chi connectivity index (χ2n) is 7.31. The van der Waals surface area contributed by atoms with Gasteiger partial charge in [-0.15, -0.1) is 0 Å². The average Bonchev–Trinajstić information content (AvgIpc) is 2.82. The zero-order chi connectivity index (χ0) is 25.5. The molecule has 2 aromatic heterocycles. The van der Waals surface area contributed by atoms with Gasteiger partial charge in [0.05, 0.1) is 9.79 Å². The zero-order valence-corrected chi connectivity index (χ0v) is 21.1. The van der Waals surface area contributed by atoms with Gasteiger partial charge in [0.25, 0.3) is 0 Å². The van der Waals surface area contributed by atoms with E-state index in [2.05, 4.69) is 72.0 Å². The summed E-state index contributed by atoms with van der Waals surface area (Å²) in [5.41, 5.74) is 0. The number of rotatable bonds is 8. The van der Waals surface area contributed by atoms with Gasteiger partial charge in [-0.1, -0.05) is 38.8 Å². The number of hydrogen-bond acceptors (Lipinski definition) is 6. The Kier molecular flexibility index (Phi) is 13.2. The molecule has 0 atom stereocenters. The van der Waals surface area contributed by atoms with Crippen molar-refractivity contribution in [3.63, 3.8) is 0 Å². The molecule has 10 heteroatoms. The standard InChI is InChI=1S/2C9H14N.C6H6O6S2/c2*1-2-3-7-10-8-5-4-6-9-10;7-13(8,9)5-1-2-6(4-3-5)14(10,11)12/h2*4-6,8-9H,2-3,7H2,1H3;1-4H,(H,7,8,9)(H,10,11,12)/q2*+1;/p-2. The Morgan fingerprint density at radius 3 is 1.12 bits per heavy atom. The fourth-order valence-electron chi connectivity index (χ4n) is 2.62. The molecule has 0 fully saturated rings. The van der Waals surface area contributed by atoms with Gasteiger partial charge in [0, 0.05) is 37.1 Å². The summed E-state index contributed by atoms with van der Waals surface area (Å²) in [4.78, 5) is -1.16. The first-order valence-electron chi connectivity index (χ1n) is 11.0. The van der Waals surface area contributed by atoms with Crippen molar-refractivity contribution in [3.8, 4) is 0 Å². The molecule has 0 aliphatic carbocycles. The van der Waals surface area contributed by atoms with Crippen LogP contribution in [0.2, 0.25) is 0 Å². The molecule has 186 valence electrons. The average molecular weight is 509 g/mol. The van der Waals surface area contributed by atoms with E-state index < -0.39 is 30.0 Å². The Bertz CT molecular complexity index is 1060. The number of nitrogens with zero attached hydrogens (tertiary/aromatic N) is 2. The molecule has 0 radical (unpaired) electrons. The van der Waals surface area contributed by atoms with E-state index in [0.29, 0.717) is 0 Å². The van der Waals surface area contributed by atoms with Crippen molar-refractivity contribution in [2.75, 3.05) is 0 Å². The molecule has 0 aliphatic rings. The van der Waals surface area contributed by atoms with Gasteiger partial charge in [-0.3, -0.25) is 0 Å². The lowest BCUT2D eigenvalue weighted by molar-refractivity contribution is -0.697. The Balaban J connectivity index is 0.000000261. The van der Waals surface area contributed by atoms with Crippen molar-refractivity contribution in [2.24, 2.45) is 0 Å². The van der Waals surface area contributed by atoms with E-state index in [0.717, 1.165) is 37.4 Å². The van der Waals surface area contributed by atoms with E-state index in [9.17, 15) is 25.9 Å². The number of unbranched alkanes of at least 4 members (excludes halogenated alkanes) is 2. The van der Waals surface area contributed by atoms with Crippen LogP contribution in [-0.2, 0) is 33.3 Å². The second kappa shape index (κ2) is 15.3. The van der Waals surface area contributed by atoms with Gasteiger partial charge in [0.1, 0.15) is 33.3 Å². The van der Waals surface area contributed by atoms with E-state index in [1.807, 2.05) is 12.1 Å². The molecule has 3 rings (SSSR count). The highest BCUT2D eigenvalue weighted by molar-refractivity contribution is 7.86. The highest BCUT2D eigenvalue weighted by Crippen LogP contribution is 2.13. The fraction of sp³-hybridized carbons (Fsp3) is 0.333.